The first-order valence-electron chi connectivity index (χ1n) is 4.85. The fourth-order valence-electron chi connectivity index (χ4n) is 1.49. The number of hydrogen-bond donors (Lipinski definition) is 1. The van der Waals surface area contributed by atoms with Crippen molar-refractivity contribution in [2.45, 2.75) is 6.92 Å². The Bertz CT molecular complexity index is 523. The second-order valence-electron chi connectivity index (χ2n) is 3.48. The molecule has 2 aromatic rings. The predicted octanol–water partition coefficient (Wildman–Crippen LogP) is 1.55. The van der Waals surface area contributed by atoms with Crippen LogP contribution < -0.4 is 5.73 Å². The van der Waals surface area contributed by atoms with Gasteiger partial charge in [-0.05, 0) is 18.6 Å². The molecule has 0 saturated heterocycles. The van der Waals surface area contributed by atoms with Crippen LogP contribution in [0.5, 0.6) is 0 Å². The third-order valence-corrected chi connectivity index (χ3v) is 2.36. The van der Waals surface area contributed by atoms with Crippen molar-refractivity contribution in [3.63, 3.8) is 0 Å². The van der Waals surface area contributed by atoms with Gasteiger partial charge in [0.25, 0.3) is 0 Å². The van der Waals surface area contributed by atoms with Gasteiger partial charge in [0.05, 0.1) is 11.9 Å². The molecule has 0 spiro atoms. The topological polar surface area (TPSA) is 68.9 Å². The zero-order chi connectivity index (χ0) is 11.5. The van der Waals surface area contributed by atoms with Gasteiger partial charge >= 0.3 is 0 Å². The number of aryl methyl sites for hydroxylation is 1. The first kappa shape index (κ1) is 10.3. The molecular weight excluding hydrogens is 202 g/mol. The zero-order valence-electron chi connectivity index (χ0n) is 8.84. The van der Waals surface area contributed by atoms with E-state index in [0.29, 0.717) is 5.56 Å². The monoisotopic (exact) mass is 213 g/mol. The molecule has 0 aliphatic carbocycles. The number of benzene rings is 1. The number of aromatic nitrogens is 2. The summed E-state index contributed by atoms with van der Waals surface area (Å²) in [5, 5.41) is 0. The summed E-state index contributed by atoms with van der Waals surface area (Å²) in [4.78, 5) is 19.3. The van der Waals surface area contributed by atoms with E-state index < -0.39 is 5.91 Å². The van der Waals surface area contributed by atoms with E-state index in [-0.39, 0.29) is 0 Å². The van der Waals surface area contributed by atoms with Crippen LogP contribution in [0.1, 0.15) is 15.9 Å². The molecule has 0 bridgehead atoms. The summed E-state index contributed by atoms with van der Waals surface area (Å²) in [6.07, 6.45) is 4.86. The lowest BCUT2D eigenvalue weighted by atomic mass is 10.0. The fraction of sp³-hybridized carbons (Fsp3) is 0.0833. The van der Waals surface area contributed by atoms with E-state index in [9.17, 15) is 4.79 Å². The Hall–Kier alpha value is -2.23. The van der Waals surface area contributed by atoms with Gasteiger partial charge in [0.2, 0.25) is 5.91 Å². The maximum Gasteiger partial charge on any atom is 0.248 e. The highest BCUT2D eigenvalue weighted by Crippen LogP contribution is 2.19. The minimum atomic E-state index is -0.428. The van der Waals surface area contributed by atoms with E-state index in [4.69, 9.17) is 5.73 Å². The maximum absolute atomic E-state index is 11.2. The minimum absolute atomic E-state index is 0.428. The number of amides is 1. The summed E-state index contributed by atoms with van der Waals surface area (Å²) in [5.74, 6) is -0.428. The van der Waals surface area contributed by atoms with E-state index in [2.05, 4.69) is 9.97 Å². The average Bonchev–Trinajstić information content (AvgIpc) is 2.30. The Morgan fingerprint density at radius 1 is 1.31 bits per heavy atom. The molecule has 0 atom stereocenters. The van der Waals surface area contributed by atoms with Gasteiger partial charge in [-0.15, -0.1) is 0 Å². The molecule has 1 aromatic heterocycles. The maximum atomic E-state index is 11.2. The van der Waals surface area contributed by atoms with Gasteiger partial charge in [-0.1, -0.05) is 12.1 Å². The van der Waals surface area contributed by atoms with Crippen LogP contribution in [0.15, 0.2) is 36.8 Å². The normalized spacial score (nSPS) is 10.1. The highest BCUT2D eigenvalue weighted by Gasteiger charge is 2.07. The molecule has 1 amide bonds. The Morgan fingerprint density at radius 2 is 2.12 bits per heavy atom. The third-order valence-electron chi connectivity index (χ3n) is 2.36. The van der Waals surface area contributed by atoms with Gasteiger partial charge in [-0.2, -0.15) is 0 Å². The first-order valence-corrected chi connectivity index (χ1v) is 4.85. The summed E-state index contributed by atoms with van der Waals surface area (Å²) in [6.45, 7) is 1.85. The lowest BCUT2D eigenvalue weighted by Crippen LogP contribution is -2.12. The van der Waals surface area contributed by atoms with Crippen LogP contribution in [-0.4, -0.2) is 15.9 Å². The summed E-state index contributed by atoms with van der Waals surface area (Å²) in [5.41, 5.74) is 8.23. The molecule has 0 saturated carbocycles. The number of hydrogen-bond acceptors (Lipinski definition) is 3. The molecule has 0 fully saturated rings. The number of nitrogens with zero attached hydrogens (tertiary/aromatic N) is 2. The van der Waals surface area contributed by atoms with Gasteiger partial charge in [0, 0.05) is 23.5 Å². The molecule has 1 aromatic carbocycles. The Kier molecular flexibility index (Phi) is 2.64. The van der Waals surface area contributed by atoms with E-state index in [1.807, 2.05) is 19.1 Å². The van der Waals surface area contributed by atoms with E-state index in [1.165, 1.54) is 0 Å². The van der Waals surface area contributed by atoms with Crippen LogP contribution in [0.4, 0.5) is 0 Å². The summed E-state index contributed by atoms with van der Waals surface area (Å²) in [6, 6.07) is 5.48. The second-order valence-corrected chi connectivity index (χ2v) is 3.48. The zero-order valence-corrected chi connectivity index (χ0v) is 8.84. The molecule has 80 valence electrons. The number of carbonyl (C=O) groups excluding carboxylic acids is 1. The SMILES string of the molecule is Cc1ccc(-c2cnccn2)cc1C(N)=O. The molecule has 4 nitrogen and oxygen atoms in total. The summed E-state index contributed by atoms with van der Waals surface area (Å²) >= 11 is 0. The number of primary amides is 1. The van der Waals surface area contributed by atoms with E-state index in [1.54, 1.807) is 24.7 Å². The smallest absolute Gasteiger partial charge is 0.248 e. The molecule has 2 rings (SSSR count). The molecule has 0 aliphatic rings. The van der Waals surface area contributed by atoms with E-state index >= 15 is 0 Å². The van der Waals surface area contributed by atoms with Crippen molar-refractivity contribution in [3.05, 3.63) is 47.9 Å². The largest absolute Gasteiger partial charge is 0.366 e. The van der Waals surface area contributed by atoms with Gasteiger partial charge in [-0.25, -0.2) is 0 Å². The summed E-state index contributed by atoms with van der Waals surface area (Å²) in [7, 11) is 0. The predicted molar refractivity (Wildman–Crippen MR) is 60.7 cm³/mol. The number of carbonyl (C=O) groups is 1. The Balaban J connectivity index is 2.52. The molecule has 0 radical (unpaired) electrons. The lowest BCUT2D eigenvalue weighted by Gasteiger charge is -2.05. The van der Waals surface area contributed by atoms with Crippen LogP contribution >= 0.6 is 0 Å². The van der Waals surface area contributed by atoms with Crippen molar-refractivity contribution in [2.24, 2.45) is 5.73 Å². The van der Waals surface area contributed by atoms with Crippen LogP contribution in [-0.2, 0) is 0 Å². The van der Waals surface area contributed by atoms with Crippen molar-refractivity contribution in [2.75, 3.05) is 0 Å². The second kappa shape index (κ2) is 4.10. The van der Waals surface area contributed by atoms with Crippen molar-refractivity contribution in [1.29, 1.82) is 0 Å². The molecular formula is C12H11N3O. The Labute approximate surface area is 93.2 Å². The molecule has 0 unspecified atom stereocenters. The molecule has 2 N–H and O–H groups in total. The number of nitrogens with two attached hydrogens (primary N) is 1. The average molecular weight is 213 g/mol. The first-order chi connectivity index (χ1) is 7.68. The van der Waals surface area contributed by atoms with Crippen LogP contribution in [0.2, 0.25) is 0 Å². The fourth-order valence-corrected chi connectivity index (χ4v) is 1.49. The molecule has 0 aliphatic heterocycles. The Morgan fingerprint density at radius 3 is 2.75 bits per heavy atom. The van der Waals surface area contributed by atoms with Crippen LogP contribution in [0.3, 0.4) is 0 Å². The summed E-state index contributed by atoms with van der Waals surface area (Å²) < 4.78 is 0. The van der Waals surface area contributed by atoms with Crippen LogP contribution in [0.25, 0.3) is 11.3 Å². The quantitative estimate of drug-likeness (QED) is 0.822. The van der Waals surface area contributed by atoms with Gasteiger partial charge in [-0.3, -0.25) is 14.8 Å². The highest BCUT2D eigenvalue weighted by atomic mass is 16.1. The highest BCUT2D eigenvalue weighted by molar-refractivity contribution is 5.95. The standard InChI is InChI=1S/C12H11N3O/c1-8-2-3-9(6-10(8)12(13)16)11-7-14-4-5-15-11/h2-7H,1H3,(H2,13,16). The molecule has 1 heterocycles. The van der Waals surface area contributed by atoms with Gasteiger partial charge < -0.3 is 5.73 Å². The minimum Gasteiger partial charge on any atom is -0.366 e. The van der Waals surface area contributed by atoms with Crippen molar-refractivity contribution >= 4 is 5.91 Å². The van der Waals surface area contributed by atoms with Crippen molar-refractivity contribution in [3.8, 4) is 11.3 Å². The molecule has 4 heteroatoms. The third kappa shape index (κ3) is 1.91. The van der Waals surface area contributed by atoms with Gasteiger partial charge in [0.15, 0.2) is 0 Å². The van der Waals surface area contributed by atoms with Crippen molar-refractivity contribution in [1.82, 2.24) is 9.97 Å². The molecule has 16 heavy (non-hydrogen) atoms. The van der Waals surface area contributed by atoms with Gasteiger partial charge in [0.1, 0.15) is 0 Å². The number of rotatable bonds is 2. The van der Waals surface area contributed by atoms with Crippen molar-refractivity contribution < 1.29 is 4.79 Å². The van der Waals surface area contributed by atoms with Crippen LogP contribution in [0, 0.1) is 6.92 Å². The van der Waals surface area contributed by atoms with E-state index in [0.717, 1.165) is 16.8 Å². The lowest BCUT2D eigenvalue weighted by molar-refractivity contribution is 0.1000.